The van der Waals surface area contributed by atoms with E-state index in [0.29, 0.717) is 22.0 Å². The van der Waals surface area contributed by atoms with Crippen LogP contribution in [-0.4, -0.2) is 20.7 Å². The molecule has 1 atom stereocenters. The Kier molecular flexibility index (Phi) is 5.05. The number of H-pyrrole nitrogens is 1. The van der Waals surface area contributed by atoms with Crippen LogP contribution in [0.25, 0.3) is 27.5 Å². The second-order valence-corrected chi connectivity index (χ2v) is 8.41. The topological polar surface area (TPSA) is 79.8 Å². The van der Waals surface area contributed by atoms with Crippen molar-refractivity contribution in [3.8, 4) is 5.69 Å². The number of aromatic nitrogens is 3. The van der Waals surface area contributed by atoms with Crippen LogP contribution in [0.1, 0.15) is 40.0 Å². The summed E-state index contributed by atoms with van der Waals surface area (Å²) in [4.78, 5) is 30.5. The minimum Gasteiger partial charge on any atom is -0.346 e. The molecule has 0 bridgehead atoms. The van der Waals surface area contributed by atoms with E-state index in [1.807, 2.05) is 75.4 Å². The lowest BCUT2D eigenvalue weighted by atomic mass is 10.1. The van der Waals surface area contributed by atoms with E-state index in [2.05, 4.69) is 15.4 Å². The number of pyridine rings is 1. The van der Waals surface area contributed by atoms with Crippen molar-refractivity contribution >= 4 is 27.7 Å². The van der Waals surface area contributed by atoms with Crippen molar-refractivity contribution in [1.82, 2.24) is 20.1 Å². The molecule has 6 heteroatoms. The Morgan fingerprint density at radius 2 is 1.76 bits per heavy atom. The first-order valence-electron chi connectivity index (χ1n) is 10.9. The highest BCUT2D eigenvalue weighted by Crippen LogP contribution is 2.23. The molecule has 33 heavy (non-hydrogen) atoms. The van der Waals surface area contributed by atoms with Gasteiger partial charge in [0.15, 0.2) is 0 Å². The first-order valence-corrected chi connectivity index (χ1v) is 10.9. The Morgan fingerprint density at radius 1 is 0.970 bits per heavy atom. The fourth-order valence-electron chi connectivity index (χ4n) is 4.05. The number of fused-ring (bicyclic) bond motifs is 3. The van der Waals surface area contributed by atoms with Crippen molar-refractivity contribution in [2.75, 3.05) is 0 Å². The molecule has 2 N–H and O–H groups in total. The molecule has 5 rings (SSSR count). The number of rotatable bonds is 4. The first-order chi connectivity index (χ1) is 15.9. The summed E-state index contributed by atoms with van der Waals surface area (Å²) in [5, 5.41) is 7.49. The Balaban J connectivity index is 1.57. The molecule has 0 aliphatic carbocycles. The van der Waals surface area contributed by atoms with Crippen LogP contribution < -0.4 is 10.9 Å². The number of hydrogen-bond acceptors (Lipinski definition) is 3. The monoisotopic (exact) mass is 436 g/mol. The van der Waals surface area contributed by atoms with Gasteiger partial charge >= 0.3 is 0 Å². The molecular formula is C27H24N4O2. The van der Waals surface area contributed by atoms with E-state index in [4.69, 9.17) is 0 Å². The highest BCUT2D eigenvalue weighted by atomic mass is 16.1. The van der Waals surface area contributed by atoms with Crippen LogP contribution in [0.3, 0.4) is 0 Å². The molecular weight excluding hydrogens is 412 g/mol. The molecule has 0 spiro atoms. The minimum atomic E-state index is -0.179. The lowest BCUT2D eigenvalue weighted by Gasteiger charge is -2.14. The van der Waals surface area contributed by atoms with Gasteiger partial charge in [0.05, 0.1) is 28.1 Å². The standard InChI is InChI=1S/C27H24N4O2/c1-16-9-11-21(13-17(16)2)31-27(33)23-15-28-24-12-10-20(14-22(24)25(23)30-31)26(32)29-18(3)19-7-5-4-6-8-19/h4-15,18,30H,1-3H3,(H,29,32)/t18-/m0/s1. The fourth-order valence-corrected chi connectivity index (χ4v) is 4.05. The van der Waals surface area contributed by atoms with Crippen molar-refractivity contribution in [3.63, 3.8) is 0 Å². The van der Waals surface area contributed by atoms with Gasteiger partial charge in [-0.2, -0.15) is 0 Å². The summed E-state index contributed by atoms with van der Waals surface area (Å²) >= 11 is 0. The van der Waals surface area contributed by atoms with Crippen molar-refractivity contribution in [2.45, 2.75) is 26.8 Å². The molecule has 0 saturated heterocycles. The highest BCUT2D eigenvalue weighted by Gasteiger charge is 2.16. The quantitative estimate of drug-likeness (QED) is 0.417. The SMILES string of the molecule is Cc1ccc(-n2[nH]c3c(cnc4ccc(C(=O)N[C@@H](C)c5ccccc5)cc43)c2=O)cc1C. The van der Waals surface area contributed by atoms with Crippen LogP contribution in [0.5, 0.6) is 0 Å². The van der Waals surface area contributed by atoms with Crippen LogP contribution in [0, 0.1) is 13.8 Å². The van der Waals surface area contributed by atoms with E-state index >= 15 is 0 Å². The molecule has 3 aromatic carbocycles. The van der Waals surface area contributed by atoms with Crippen molar-refractivity contribution in [1.29, 1.82) is 0 Å². The normalized spacial score (nSPS) is 12.2. The number of nitrogens with zero attached hydrogens (tertiary/aromatic N) is 2. The van der Waals surface area contributed by atoms with Gasteiger partial charge in [0, 0.05) is 17.1 Å². The van der Waals surface area contributed by atoms with Gasteiger partial charge < -0.3 is 5.32 Å². The third-order valence-corrected chi connectivity index (χ3v) is 6.18. The summed E-state index contributed by atoms with van der Waals surface area (Å²) in [5.74, 6) is -0.179. The molecule has 2 aromatic heterocycles. The van der Waals surface area contributed by atoms with E-state index < -0.39 is 0 Å². The molecule has 2 heterocycles. The van der Waals surface area contributed by atoms with Gasteiger partial charge in [0.1, 0.15) is 0 Å². The predicted octanol–water partition coefficient (Wildman–Crippen LogP) is 4.97. The molecule has 0 aliphatic heterocycles. The van der Waals surface area contributed by atoms with E-state index in [1.165, 1.54) is 4.68 Å². The molecule has 5 aromatic rings. The minimum absolute atomic E-state index is 0.131. The van der Waals surface area contributed by atoms with E-state index in [9.17, 15) is 9.59 Å². The lowest BCUT2D eigenvalue weighted by Crippen LogP contribution is -2.26. The first kappa shape index (κ1) is 20.7. The summed E-state index contributed by atoms with van der Waals surface area (Å²) < 4.78 is 1.53. The number of aromatic amines is 1. The summed E-state index contributed by atoms with van der Waals surface area (Å²) in [6.07, 6.45) is 1.59. The molecule has 0 unspecified atom stereocenters. The number of aryl methyl sites for hydroxylation is 2. The van der Waals surface area contributed by atoms with Crippen LogP contribution in [0.4, 0.5) is 0 Å². The third-order valence-electron chi connectivity index (χ3n) is 6.18. The second-order valence-electron chi connectivity index (χ2n) is 8.41. The van der Waals surface area contributed by atoms with Crippen molar-refractivity contribution in [3.05, 3.63) is 106 Å². The number of benzene rings is 3. The van der Waals surface area contributed by atoms with Gasteiger partial charge in [-0.05, 0) is 67.8 Å². The summed E-state index contributed by atoms with van der Waals surface area (Å²) in [7, 11) is 0. The maximum absolute atomic E-state index is 13.1. The Hall–Kier alpha value is -4.19. The zero-order valence-corrected chi connectivity index (χ0v) is 18.7. The molecule has 0 saturated carbocycles. The number of carbonyl (C=O) groups is 1. The van der Waals surface area contributed by atoms with Gasteiger partial charge in [-0.3, -0.25) is 19.7 Å². The highest BCUT2D eigenvalue weighted by molar-refractivity contribution is 6.06. The fraction of sp³-hybridized carbons (Fsp3) is 0.148. The maximum Gasteiger partial charge on any atom is 0.280 e. The molecule has 0 aliphatic rings. The summed E-state index contributed by atoms with van der Waals surface area (Å²) in [6.45, 7) is 6.01. The maximum atomic E-state index is 13.1. The van der Waals surface area contributed by atoms with Crippen molar-refractivity contribution in [2.24, 2.45) is 0 Å². The molecule has 0 fully saturated rings. The van der Waals surface area contributed by atoms with Gasteiger partial charge in [0.2, 0.25) is 0 Å². The Labute approximate surface area is 190 Å². The third kappa shape index (κ3) is 3.69. The number of hydrogen-bond donors (Lipinski definition) is 2. The van der Waals surface area contributed by atoms with Crippen LogP contribution in [0.15, 0.2) is 77.7 Å². The zero-order chi connectivity index (χ0) is 23.1. The van der Waals surface area contributed by atoms with Gasteiger partial charge in [0.25, 0.3) is 11.5 Å². The molecule has 164 valence electrons. The van der Waals surface area contributed by atoms with Crippen LogP contribution in [-0.2, 0) is 0 Å². The lowest BCUT2D eigenvalue weighted by molar-refractivity contribution is 0.0940. The largest absolute Gasteiger partial charge is 0.346 e. The zero-order valence-electron chi connectivity index (χ0n) is 18.7. The van der Waals surface area contributed by atoms with Gasteiger partial charge in [-0.15, -0.1) is 0 Å². The summed E-state index contributed by atoms with van der Waals surface area (Å²) in [6, 6.07) is 20.9. The molecule has 1 amide bonds. The average Bonchev–Trinajstić information content (AvgIpc) is 3.18. The predicted molar refractivity (Wildman–Crippen MR) is 131 cm³/mol. The molecule has 0 radical (unpaired) electrons. The number of carbonyl (C=O) groups excluding carboxylic acids is 1. The average molecular weight is 437 g/mol. The van der Waals surface area contributed by atoms with Gasteiger partial charge in [-0.1, -0.05) is 36.4 Å². The Bertz CT molecular complexity index is 1560. The summed E-state index contributed by atoms with van der Waals surface area (Å²) in [5.41, 5.74) is 5.78. The Morgan fingerprint density at radius 3 is 2.52 bits per heavy atom. The van der Waals surface area contributed by atoms with Crippen LogP contribution >= 0.6 is 0 Å². The van der Waals surface area contributed by atoms with E-state index in [1.54, 1.807) is 18.3 Å². The number of amides is 1. The number of nitrogens with one attached hydrogen (secondary N) is 2. The van der Waals surface area contributed by atoms with Crippen LogP contribution in [0.2, 0.25) is 0 Å². The van der Waals surface area contributed by atoms with Gasteiger partial charge in [-0.25, -0.2) is 4.68 Å². The van der Waals surface area contributed by atoms with Crippen molar-refractivity contribution < 1.29 is 4.79 Å². The second kappa shape index (κ2) is 8.06. The van der Waals surface area contributed by atoms with E-state index in [-0.39, 0.29) is 17.5 Å². The van der Waals surface area contributed by atoms with E-state index in [0.717, 1.165) is 27.8 Å². The molecule has 6 nitrogen and oxygen atoms in total. The smallest absolute Gasteiger partial charge is 0.280 e.